The Morgan fingerprint density at radius 2 is 1.67 bits per heavy atom. The number of methoxy groups -OCH3 is 3. The van der Waals surface area contributed by atoms with Crippen molar-refractivity contribution >= 4 is 15.9 Å². The van der Waals surface area contributed by atoms with Gasteiger partial charge in [0.1, 0.15) is 33.1 Å². The second-order valence-electron chi connectivity index (χ2n) is 4.22. The molecule has 0 spiro atoms. The Kier molecular flexibility index (Phi) is 4.52. The molecule has 0 aliphatic heterocycles. The van der Waals surface area contributed by atoms with E-state index in [0.29, 0.717) is 38.8 Å². The van der Waals surface area contributed by atoms with E-state index in [1.165, 1.54) is 14.2 Å². The van der Waals surface area contributed by atoms with Crippen molar-refractivity contribution in [2.45, 2.75) is 6.92 Å². The largest absolute Gasteiger partial charge is 0.496 e. The number of halogens is 1. The molecule has 0 saturated carbocycles. The first-order valence-electron chi connectivity index (χ1n) is 6.08. The van der Waals surface area contributed by atoms with Gasteiger partial charge in [0.25, 0.3) is 5.56 Å². The van der Waals surface area contributed by atoms with E-state index in [-0.39, 0.29) is 5.56 Å². The normalized spacial score (nSPS) is 10.3. The van der Waals surface area contributed by atoms with Crippen LogP contribution in [0.5, 0.6) is 17.2 Å². The summed E-state index contributed by atoms with van der Waals surface area (Å²) in [7, 11) is 4.61. The number of hydrogen-bond acceptors (Lipinski definition) is 5. The highest BCUT2D eigenvalue weighted by Crippen LogP contribution is 2.40. The molecular formula is C14H15BrN2O4. The lowest BCUT2D eigenvalue weighted by atomic mass is 10.1. The van der Waals surface area contributed by atoms with Crippen LogP contribution in [-0.4, -0.2) is 31.3 Å². The van der Waals surface area contributed by atoms with E-state index in [1.54, 1.807) is 26.2 Å². The van der Waals surface area contributed by atoms with Crippen LogP contribution in [0.25, 0.3) is 11.4 Å². The monoisotopic (exact) mass is 354 g/mol. The third-order valence-corrected chi connectivity index (χ3v) is 3.91. The lowest BCUT2D eigenvalue weighted by Gasteiger charge is -2.14. The Balaban J connectivity index is 2.76. The van der Waals surface area contributed by atoms with E-state index in [0.717, 1.165) is 0 Å². The van der Waals surface area contributed by atoms with Crippen LogP contribution in [0.15, 0.2) is 21.4 Å². The van der Waals surface area contributed by atoms with Crippen molar-refractivity contribution in [3.8, 4) is 28.6 Å². The summed E-state index contributed by atoms with van der Waals surface area (Å²) in [5.74, 6) is 1.95. The average molecular weight is 355 g/mol. The summed E-state index contributed by atoms with van der Waals surface area (Å²) >= 11 is 3.19. The number of hydrogen-bond donors (Lipinski definition) is 1. The Morgan fingerprint density at radius 1 is 1.10 bits per heavy atom. The average Bonchev–Trinajstić information content (AvgIpc) is 2.50. The van der Waals surface area contributed by atoms with Crippen LogP contribution in [0.4, 0.5) is 0 Å². The van der Waals surface area contributed by atoms with E-state index >= 15 is 0 Å². The molecule has 1 aromatic carbocycles. The minimum Gasteiger partial charge on any atom is -0.496 e. The fourth-order valence-electron chi connectivity index (χ4n) is 1.93. The van der Waals surface area contributed by atoms with Crippen LogP contribution in [0.2, 0.25) is 0 Å². The van der Waals surface area contributed by atoms with Gasteiger partial charge in [0.2, 0.25) is 0 Å². The van der Waals surface area contributed by atoms with Gasteiger partial charge in [0.05, 0.1) is 27.0 Å². The molecule has 0 unspecified atom stereocenters. The Hall–Kier alpha value is -2.02. The van der Waals surface area contributed by atoms with Gasteiger partial charge in [-0.15, -0.1) is 0 Å². The van der Waals surface area contributed by atoms with Crippen molar-refractivity contribution in [3.63, 3.8) is 0 Å². The minimum absolute atomic E-state index is 0.266. The summed E-state index contributed by atoms with van der Waals surface area (Å²) in [6, 6.07) is 3.41. The zero-order chi connectivity index (χ0) is 15.6. The summed E-state index contributed by atoms with van der Waals surface area (Å²) in [5.41, 5.74) is 0.875. The van der Waals surface area contributed by atoms with Crippen molar-refractivity contribution in [3.05, 3.63) is 32.7 Å². The molecule has 2 aromatic rings. The third-order valence-electron chi connectivity index (χ3n) is 2.98. The molecule has 0 saturated heterocycles. The van der Waals surface area contributed by atoms with Gasteiger partial charge in [-0.2, -0.15) is 0 Å². The number of aromatic nitrogens is 2. The molecule has 0 amide bonds. The third kappa shape index (κ3) is 2.87. The predicted octanol–water partition coefficient (Wildman–Crippen LogP) is 2.53. The topological polar surface area (TPSA) is 73.4 Å². The molecule has 0 bridgehead atoms. The van der Waals surface area contributed by atoms with Crippen LogP contribution in [0, 0.1) is 6.92 Å². The molecule has 7 heteroatoms. The van der Waals surface area contributed by atoms with Gasteiger partial charge in [-0.1, -0.05) is 0 Å². The van der Waals surface area contributed by atoms with E-state index < -0.39 is 0 Å². The van der Waals surface area contributed by atoms with Crippen molar-refractivity contribution < 1.29 is 14.2 Å². The van der Waals surface area contributed by atoms with Crippen LogP contribution >= 0.6 is 15.9 Å². The van der Waals surface area contributed by atoms with E-state index in [2.05, 4.69) is 25.9 Å². The molecule has 1 heterocycles. The van der Waals surface area contributed by atoms with Crippen LogP contribution in [0.3, 0.4) is 0 Å². The van der Waals surface area contributed by atoms with E-state index in [1.807, 2.05) is 0 Å². The van der Waals surface area contributed by atoms with Crippen molar-refractivity contribution in [1.29, 1.82) is 0 Å². The van der Waals surface area contributed by atoms with Crippen molar-refractivity contribution in [2.75, 3.05) is 21.3 Å². The van der Waals surface area contributed by atoms with Crippen molar-refractivity contribution in [2.24, 2.45) is 0 Å². The molecule has 2 rings (SSSR count). The Bertz CT molecular complexity index is 702. The van der Waals surface area contributed by atoms with Crippen LogP contribution in [-0.2, 0) is 0 Å². The first kappa shape index (κ1) is 15.4. The van der Waals surface area contributed by atoms with E-state index in [4.69, 9.17) is 14.2 Å². The molecule has 0 radical (unpaired) electrons. The number of aryl methyl sites for hydroxylation is 1. The van der Waals surface area contributed by atoms with Gasteiger partial charge in [0, 0.05) is 12.1 Å². The number of nitrogens with zero attached hydrogens (tertiary/aromatic N) is 1. The highest BCUT2D eigenvalue weighted by molar-refractivity contribution is 9.10. The molecule has 0 aliphatic carbocycles. The zero-order valence-corrected chi connectivity index (χ0v) is 13.7. The Labute approximate surface area is 130 Å². The number of benzene rings is 1. The molecule has 112 valence electrons. The summed E-state index contributed by atoms with van der Waals surface area (Å²) in [5, 5.41) is 0. The molecule has 0 atom stereocenters. The zero-order valence-electron chi connectivity index (χ0n) is 12.1. The SMILES string of the molecule is COc1cc(OC)c(-c2nc(C)c(Br)c(=O)[nH]2)c(OC)c1. The summed E-state index contributed by atoms with van der Waals surface area (Å²) < 4.78 is 16.3. The molecule has 1 aromatic heterocycles. The predicted molar refractivity (Wildman–Crippen MR) is 82.4 cm³/mol. The lowest BCUT2D eigenvalue weighted by Crippen LogP contribution is -2.12. The highest BCUT2D eigenvalue weighted by atomic mass is 79.9. The lowest BCUT2D eigenvalue weighted by molar-refractivity contribution is 0.377. The van der Waals surface area contributed by atoms with Gasteiger partial charge in [-0.05, 0) is 22.9 Å². The molecule has 0 aliphatic rings. The molecule has 1 N–H and O–H groups in total. The Morgan fingerprint density at radius 3 is 2.10 bits per heavy atom. The van der Waals surface area contributed by atoms with Gasteiger partial charge >= 0.3 is 0 Å². The smallest absolute Gasteiger partial charge is 0.265 e. The van der Waals surface area contributed by atoms with Crippen LogP contribution in [0.1, 0.15) is 5.69 Å². The maximum Gasteiger partial charge on any atom is 0.265 e. The first-order valence-corrected chi connectivity index (χ1v) is 6.88. The number of aromatic amines is 1. The van der Waals surface area contributed by atoms with Crippen molar-refractivity contribution in [1.82, 2.24) is 9.97 Å². The fraction of sp³-hybridized carbons (Fsp3) is 0.286. The van der Waals surface area contributed by atoms with Gasteiger partial charge in [-0.25, -0.2) is 4.98 Å². The van der Waals surface area contributed by atoms with Gasteiger partial charge in [-0.3, -0.25) is 4.79 Å². The molecule has 0 fully saturated rings. The number of H-pyrrole nitrogens is 1. The second-order valence-corrected chi connectivity index (χ2v) is 5.01. The quantitative estimate of drug-likeness (QED) is 0.913. The van der Waals surface area contributed by atoms with E-state index in [9.17, 15) is 4.79 Å². The second kappa shape index (κ2) is 6.17. The standard InChI is InChI=1S/C14H15BrN2O4/c1-7-12(15)14(18)17-13(16-7)11-9(20-3)5-8(19-2)6-10(11)21-4/h5-6H,1-4H3,(H,16,17,18). The molecule has 21 heavy (non-hydrogen) atoms. The minimum atomic E-state index is -0.266. The number of ether oxygens (including phenoxy) is 3. The summed E-state index contributed by atoms with van der Waals surface area (Å²) in [6.45, 7) is 1.74. The summed E-state index contributed by atoms with van der Waals surface area (Å²) in [4.78, 5) is 19.0. The number of rotatable bonds is 4. The first-order chi connectivity index (χ1) is 10.0. The molecule has 6 nitrogen and oxygen atoms in total. The maximum atomic E-state index is 11.9. The molecular weight excluding hydrogens is 340 g/mol. The van der Waals surface area contributed by atoms with Gasteiger partial charge < -0.3 is 19.2 Å². The summed E-state index contributed by atoms with van der Waals surface area (Å²) in [6.07, 6.45) is 0. The fourth-order valence-corrected chi connectivity index (χ4v) is 2.12. The number of nitrogens with one attached hydrogen (secondary N) is 1. The maximum absolute atomic E-state index is 11.9. The van der Waals surface area contributed by atoms with Gasteiger partial charge in [0.15, 0.2) is 0 Å². The highest BCUT2D eigenvalue weighted by Gasteiger charge is 2.18. The van der Waals surface area contributed by atoms with Crippen LogP contribution < -0.4 is 19.8 Å².